The van der Waals surface area contributed by atoms with E-state index < -0.39 is 0 Å². The molecule has 7 nitrogen and oxygen atoms in total. The molecule has 0 aliphatic carbocycles. The van der Waals surface area contributed by atoms with Crippen molar-refractivity contribution in [2.24, 2.45) is 10.5 Å². The van der Waals surface area contributed by atoms with Gasteiger partial charge in [0, 0.05) is 19.9 Å². The molecule has 2 aromatic heterocycles. The number of methoxy groups -OCH3 is 1. The van der Waals surface area contributed by atoms with Crippen LogP contribution in [0, 0.1) is 5.41 Å². The Morgan fingerprint density at radius 1 is 1.05 bits per heavy atom. The summed E-state index contributed by atoms with van der Waals surface area (Å²) < 4.78 is 20.6. The molecule has 0 unspecified atom stereocenters. The molecule has 9 heteroatoms. The normalized spacial score (nSPS) is 12.1. The first kappa shape index (κ1) is 26.2. The number of para-hydroxylation sites is 1. The minimum atomic E-state index is -0.309. The van der Waals surface area contributed by atoms with Crippen molar-refractivity contribution >= 4 is 59.9 Å². The van der Waals surface area contributed by atoms with Gasteiger partial charge in [-0.2, -0.15) is 9.78 Å². The molecule has 0 aliphatic heterocycles. The maximum absolute atomic E-state index is 13.6. The van der Waals surface area contributed by atoms with Gasteiger partial charge in [0.1, 0.15) is 5.58 Å². The summed E-state index contributed by atoms with van der Waals surface area (Å²) in [5.41, 5.74) is 1.62. The van der Waals surface area contributed by atoms with Crippen molar-refractivity contribution in [3.05, 3.63) is 85.5 Å². The van der Waals surface area contributed by atoms with E-state index >= 15 is 0 Å². The molecule has 0 aliphatic rings. The van der Waals surface area contributed by atoms with Gasteiger partial charge in [-0.05, 0) is 69.9 Å². The van der Waals surface area contributed by atoms with Crippen LogP contribution in [0.1, 0.15) is 26.3 Å². The Kier molecular flexibility index (Phi) is 7.15. The summed E-state index contributed by atoms with van der Waals surface area (Å²) in [5, 5.41) is 5.90. The zero-order valence-electron chi connectivity index (χ0n) is 21.3. The van der Waals surface area contributed by atoms with Crippen LogP contribution in [0.2, 0.25) is 0 Å². The predicted octanol–water partition coefficient (Wildman–Crippen LogP) is 7.65. The first-order valence-corrected chi connectivity index (χ1v) is 13.5. The number of hydrogen-bond donors (Lipinski definition) is 0. The van der Waals surface area contributed by atoms with Crippen molar-refractivity contribution in [2.75, 3.05) is 13.7 Å². The lowest BCUT2D eigenvalue weighted by Gasteiger charge is -2.20. The first-order valence-electron chi connectivity index (χ1n) is 11.9. The zero-order valence-corrected chi connectivity index (χ0v) is 24.5. The van der Waals surface area contributed by atoms with Crippen LogP contribution in [0.15, 0.2) is 83.9 Å². The van der Waals surface area contributed by atoms with E-state index in [9.17, 15) is 4.79 Å². The van der Waals surface area contributed by atoms with E-state index in [1.165, 1.54) is 4.68 Å². The highest BCUT2D eigenvalue weighted by Crippen LogP contribution is 2.34. The van der Waals surface area contributed by atoms with Gasteiger partial charge >= 0.3 is 0 Å². The van der Waals surface area contributed by atoms with Crippen LogP contribution in [0.5, 0.6) is 11.5 Å². The van der Waals surface area contributed by atoms with Gasteiger partial charge in [-0.15, -0.1) is 0 Å². The van der Waals surface area contributed by atoms with Gasteiger partial charge in [-0.1, -0.05) is 48.8 Å². The summed E-state index contributed by atoms with van der Waals surface area (Å²) in [7, 11) is 1.59. The molecular weight excluding hydrogens is 614 g/mol. The first-order chi connectivity index (χ1) is 18.1. The average molecular weight is 639 g/mol. The van der Waals surface area contributed by atoms with Crippen LogP contribution >= 0.6 is 31.9 Å². The molecule has 0 radical (unpaired) electrons. The Hall–Kier alpha value is -3.43. The second-order valence-electron chi connectivity index (χ2n) is 9.98. The minimum Gasteiger partial charge on any atom is -0.493 e. The van der Waals surface area contributed by atoms with Crippen molar-refractivity contribution in [3.63, 3.8) is 0 Å². The summed E-state index contributed by atoms with van der Waals surface area (Å²) in [5.74, 6) is 1.90. The average Bonchev–Trinajstić information content (AvgIpc) is 3.30. The molecule has 0 fully saturated rings. The molecule has 0 N–H and O–H groups in total. The van der Waals surface area contributed by atoms with Gasteiger partial charge in [0.05, 0.1) is 30.8 Å². The monoisotopic (exact) mass is 637 g/mol. The largest absolute Gasteiger partial charge is 0.493 e. The smallest absolute Gasteiger partial charge is 0.282 e. The molecule has 0 atom stereocenters. The Morgan fingerprint density at radius 3 is 2.61 bits per heavy atom. The molecular formula is C29H25Br2N3O4. The highest BCUT2D eigenvalue weighted by molar-refractivity contribution is 9.10. The maximum Gasteiger partial charge on any atom is 0.282 e. The van der Waals surface area contributed by atoms with Crippen molar-refractivity contribution in [3.8, 4) is 23.1 Å². The van der Waals surface area contributed by atoms with E-state index in [1.807, 2.05) is 42.5 Å². The zero-order chi connectivity index (χ0) is 27.0. The van der Waals surface area contributed by atoms with Crippen molar-refractivity contribution < 1.29 is 13.9 Å². The highest BCUT2D eigenvalue weighted by Gasteiger charge is 2.18. The third-order valence-electron chi connectivity index (χ3n) is 5.71. The van der Waals surface area contributed by atoms with E-state index in [2.05, 4.69) is 57.7 Å². The Labute approximate surface area is 236 Å². The second kappa shape index (κ2) is 10.4. The van der Waals surface area contributed by atoms with Crippen LogP contribution in [-0.4, -0.2) is 29.6 Å². The molecule has 0 spiro atoms. The van der Waals surface area contributed by atoms with E-state index in [0.29, 0.717) is 51.7 Å². The highest BCUT2D eigenvalue weighted by atomic mass is 79.9. The lowest BCUT2D eigenvalue weighted by molar-refractivity contribution is 0.191. The number of halogens is 2. The summed E-state index contributed by atoms with van der Waals surface area (Å²) in [6.45, 7) is 6.83. The van der Waals surface area contributed by atoms with Crippen molar-refractivity contribution in [1.29, 1.82) is 0 Å². The van der Waals surface area contributed by atoms with Crippen LogP contribution in [0.4, 0.5) is 0 Å². The Bertz CT molecular complexity index is 1750. The van der Waals surface area contributed by atoms with Gasteiger partial charge < -0.3 is 13.9 Å². The van der Waals surface area contributed by atoms with Gasteiger partial charge in [0.2, 0.25) is 5.82 Å². The molecule has 0 amide bonds. The fraction of sp³-hybridized carbons (Fsp3) is 0.207. The van der Waals surface area contributed by atoms with Crippen molar-refractivity contribution in [1.82, 2.24) is 9.66 Å². The molecule has 38 heavy (non-hydrogen) atoms. The van der Waals surface area contributed by atoms with Crippen LogP contribution < -0.4 is 15.0 Å². The fourth-order valence-electron chi connectivity index (χ4n) is 3.85. The molecule has 194 valence electrons. The lowest BCUT2D eigenvalue weighted by atomic mass is 9.99. The maximum atomic E-state index is 13.6. The molecule has 5 aromatic rings. The Balaban J connectivity index is 1.62. The standard InChI is InChI=1S/C29H25Br2N3O4/c1-29(2,3)16-37-25-14-21(31)18(13-24(25)36-4)15-32-34-27(33-22-8-6-5-7-20(22)28(34)35)26-12-17-11-19(30)9-10-23(17)38-26/h5-15H,16H2,1-4H3. The molecule has 0 bridgehead atoms. The summed E-state index contributed by atoms with van der Waals surface area (Å²) in [4.78, 5) is 18.3. The summed E-state index contributed by atoms with van der Waals surface area (Å²) in [6, 6.07) is 18.4. The molecule has 0 saturated carbocycles. The van der Waals surface area contributed by atoms with Crippen LogP contribution in [-0.2, 0) is 0 Å². The van der Waals surface area contributed by atoms with E-state index in [0.717, 1.165) is 14.3 Å². The number of nitrogens with zero attached hydrogens (tertiary/aromatic N) is 3. The van der Waals surface area contributed by atoms with Gasteiger partial charge in [-0.25, -0.2) is 4.98 Å². The summed E-state index contributed by atoms with van der Waals surface area (Å²) in [6.07, 6.45) is 1.58. The van der Waals surface area contributed by atoms with Crippen LogP contribution in [0.25, 0.3) is 33.5 Å². The van der Waals surface area contributed by atoms with Gasteiger partial charge in [-0.3, -0.25) is 4.79 Å². The third kappa shape index (κ3) is 5.39. The van der Waals surface area contributed by atoms with E-state index in [-0.39, 0.29) is 11.0 Å². The predicted molar refractivity (Wildman–Crippen MR) is 158 cm³/mol. The van der Waals surface area contributed by atoms with Gasteiger partial charge in [0.25, 0.3) is 5.56 Å². The third-order valence-corrected chi connectivity index (χ3v) is 6.89. The number of furan rings is 1. The van der Waals surface area contributed by atoms with E-state index in [4.69, 9.17) is 18.9 Å². The SMILES string of the molecule is COc1cc(C=Nn2c(-c3cc4cc(Br)ccc4o3)nc3ccccc3c2=O)c(Br)cc1OCC(C)(C)C. The summed E-state index contributed by atoms with van der Waals surface area (Å²) >= 11 is 7.09. The number of benzene rings is 3. The van der Waals surface area contributed by atoms with Crippen LogP contribution in [0.3, 0.4) is 0 Å². The lowest BCUT2D eigenvalue weighted by Crippen LogP contribution is -2.20. The number of rotatable bonds is 6. The molecule has 3 aromatic carbocycles. The Morgan fingerprint density at radius 2 is 1.84 bits per heavy atom. The number of ether oxygens (including phenoxy) is 2. The van der Waals surface area contributed by atoms with E-state index in [1.54, 1.807) is 31.5 Å². The number of fused-ring (bicyclic) bond motifs is 2. The molecule has 5 rings (SSSR count). The number of hydrogen-bond acceptors (Lipinski definition) is 6. The van der Waals surface area contributed by atoms with Gasteiger partial charge in [0.15, 0.2) is 17.3 Å². The molecule has 2 heterocycles. The minimum absolute atomic E-state index is 0.00893. The van der Waals surface area contributed by atoms with Crippen molar-refractivity contribution in [2.45, 2.75) is 20.8 Å². The number of aromatic nitrogens is 2. The molecule has 0 saturated heterocycles. The quantitative estimate of drug-likeness (QED) is 0.179. The topological polar surface area (TPSA) is 78.9 Å². The second-order valence-corrected chi connectivity index (χ2v) is 11.8. The fourth-order valence-corrected chi connectivity index (χ4v) is 4.65.